The number of ether oxygens (including phenoxy) is 1. The van der Waals surface area contributed by atoms with Gasteiger partial charge in [-0.25, -0.2) is 0 Å². The van der Waals surface area contributed by atoms with Gasteiger partial charge in [-0.1, -0.05) is 24.3 Å². The van der Waals surface area contributed by atoms with E-state index in [9.17, 15) is 9.90 Å². The molecule has 1 N–H and O–H groups in total. The molecule has 1 aliphatic rings. The Morgan fingerprint density at radius 3 is 2.59 bits per heavy atom. The molecule has 1 fully saturated rings. The van der Waals surface area contributed by atoms with E-state index in [-0.39, 0.29) is 11.9 Å². The molecule has 0 saturated carbocycles. The highest BCUT2D eigenvalue weighted by Gasteiger charge is 2.30. The normalized spacial score (nSPS) is 17.3. The predicted molar refractivity (Wildman–Crippen MR) is 111 cm³/mol. The van der Waals surface area contributed by atoms with Crippen LogP contribution in [0.1, 0.15) is 29.1 Å². The highest BCUT2D eigenvalue weighted by atomic mass is 16.5. The Morgan fingerprint density at radius 2 is 1.90 bits per heavy atom. The van der Waals surface area contributed by atoms with E-state index in [1.54, 1.807) is 24.1 Å². The lowest BCUT2D eigenvalue weighted by Crippen LogP contribution is -2.52. The summed E-state index contributed by atoms with van der Waals surface area (Å²) < 4.78 is 10.5. The van der Waals surface area contributed by atoms with E-state index in [0.29, 0.717) is 31.9 Å². The maximum absolute atomic E-state index is 12.4. The van der Waals surface area contributed by atoms with Crippen molar-refractivity contribution in [2.45, 2.75) is 19.1 Å². The minimum Gasteiger partial charge on any atom is -0.497 e. The monoisotopic (exact) mass is 394 g/mol. The van der Waals surface area contributed by atoms with Crippen LogP contribution in [0.2, 0.25) is 0 Å². The molecule has 2 unspecified atom stereocenters. The van der Waals surface area contributed by atoms with Crippen LogP contribution < -0.4 is 4.74 Å². The van der Waals surface area contributed by atoms with Crippen LogP contribution in [-0.2, 0) is 0 Å². The summed E-state index contributed by atoms with van der Waals surface area (Å²) >= 11 is 0. The topological polar surface area (TPSA) is 66.2 Å². The van der Waals surface area contributed by atoms with Crippen LogP contribution in [0, 0.1) is 0 Å². The number of hydrogen-bond acceptors (Lipinski definition) is 5. The average molecular weight is 394 g/mol. The second-order valence-electron chi connectivity index (χ2n) is 7.43. The molecule has 29 heavy (non-hydrogen) atoms. The molecular formula is C23H26N2O4. The van der Waals surface area contributed by atoms with Gasteiger partial charge >= 0.3 is 0 Å². The standard InChI is InChI=1S/C23H26N2O4/c1-16(24-10-12-25(13-11-24)23(27)21-7-4-14-29-21)22(26)20-6-3-5-17-15-18(28-2)8-9-19(17)20/h3-9,14-16,22,26H,10-13H2,1-2H3. The Hall–Kier alpha value is -2.83. The van der Waals surface area contributed by atoms with E-state index in [1.165, 1.54) is 6.26 Å². The molecule has 3 aromatic rings. The van der Waals surface area contributed by atoms with Gasteiger partial charge in [-0.2, -0.15) is 0 Å². The summed E-state index contributed by atoms with van der Waals surface area (Å²) in [6, 6.07) is 15.2. The van der Waals surface area contributed by atoms with Crippen LogP contribution in [0.15, 0.2) is 59.2 Å². The first-order valence-corrected chi connectivity index (χ1v) is 9.90. The van der Waals surface area contributed by atoms with Gasteiger partial charge in [-0.15, -0.1) is 0 Å². The third-order valence-corrected chi connectivity index (χ3v) is 5.81. The molecule has 0 spiro atoms. The van der Waals surface area contributed by atoms with Gasteiger partial charge in [0.15, 0.2) is 5.76 Å². The third kappa shape index (κ3) is 3.86. The minimum absolute atomic E-state index is 0.0661. The minimum atomic E-state index is -0.626. The number of piperazine rings is 1. The number of methoxy groups -OCH3 is 1. The maximum atomic E-state index is 12.4. The lowest BCUT2D eigenvalue weighted by atomic mass is 9.95. The molecule has 1 saturated heterocycles. The molecular weight excluding hydrogens is 368 g/mol. The van der Waals surface area contributed by atoms with Gasteiger partial charge in [0.2, 0.25) is 0 Å². The van der Waals surface area contributed by atoms with Crippen LogP contribution in [0.3, 0.4) is 0 Å². The van der Waals surface area contributed by atoms with Crippen molar-refractivity contribution in [3.05, 3.63) is 66.1 Å². The fraction of sp³-hybridized carbons (Fsp3) is 0.348. The molecule has 0 aliphatic carbocycles. The van der Waals surface area contributed by atoms with Crippen LogP contribution in [0.4, 0.5) is 0 Å². The molecule has 6 heteroatoms. The first kappa shape index (κ1) is 19.5. The van der Waals surface area contributed by atoms with E-state index >= 15 is 0 Å². The first-order valence-electron chi connectivity index (χ1n) is 9.90. The number of furan rings is 1. The summed E-state index contributed by atoms with van der Waals surface area (Å²) in [6.07, 6.45) is 0.890. The van der Waals surface area contributed by atoms with Crippen LogP contribution in [0.5, 0.6) is 5.75 Å². The fourth-order valence-corrected chi connectivity index (χ4v) is 4.02. The summed E-state index contributed by atoms with van der Waals surface area (Å²) in [5.74, 6) is 1.10. The first-order chi connectivity index (χ1) is 14.1. The average Bonchev–Trinajstić information content (AvgIpc) is 3.32. The highest BCUT2D eigenvalue weighted by molar-refractivity contribution is 5.91. The van der Waals surface area contributed by atoms with Crippen molar-refractivity contribution in [2.75, 3.05) is 33.3 Å². The molecule has 1 aliphatic heterocycles. The SMILES string of the molecule is COc1ccc2c(C(O)C(C)N3CCN(C(=O)c4ccco4)CC3)cccc2c1. The molecule has 1 amide bonds. The molecule has 4 rings (SSSR count). The van der Waals surface area contributed by atoms with Crippen LogP contribution in [-0.4, -0.2) is 60.1 Å². The van der Waals surface area contributed by atoms with Crippen molar-refractivity contribution in [1.82, 2.24) is 9.80 Å². The molecule has 0 radical (unpaired) electrons. The van der Waals surface area contributed by atoms with Gasteiger partial charge in [-0.05, 0) is 47.5 Å². The number of rotatable bonds is 5. The summed E-state index contributed by atoms with van der Waals surface area (Å²) in [7, 11) is 1.65. The Morgan fingerprint density at radius 1 is 1.10 bits per heavy atom. The largest absolute Gasteiger partial charge is 0.497 e. The number of amides is 1. The van der Waals surface area contributed by atoms with E-state index in [2.05, 4.69) is 4.90 Å². The highest BCUT2D eigenvalue weighted by Crippen LogP contribution is 2.30. The van der Waals surface area contributed by atoms with Crippen molar-refractivity contribution < 1.29 is 19.1 Å². The number of aliphatic hydroxyl groups excluding tert-OH is 1. The number of carbonyl (C=O) groups is 1. The van der Waals surface area contributed by atoms with Gasteiger partial charge in [0, 0.05) is 32.2 Å². The van der Waals surface area contributed by atoms with Crippen LogP contribution in [0.25, 0.3) is 10.8 Å². The second-order valence-corrected chi connectivity index (χ2v) is 7.43. The summed E-state index contributed by atoms with van der Waals surface area (Å²) in [5.41, 5.74) is 0.909. The Bertz CT molecular complexity index is 978. The van der Waals surface area contributed by atoms with Gasteiger partial charge in [0.1, 0.15) is 5.75 Å². The van der Waals surface area contributed by atoms with Gasteiger partial charge in [0.05, 0.1) is 19.5 Å². The summed E-state index contributed by atoms with van der Waals surface area (Å²) in [6.45, 7) is 4.69. The van der Waals surface area contributed by atoms with Crippen molar-refractivity contribution in [2.24, 2.45) is 0 Å². The summed E-state index contributed by atoms with van der Waals surface area (Å²) in [4.78, 5) is 16.5. The molecule has 2 aromatic carbocycles. The Labute approximate surface area is 170 Å². The molecule has 2 atom stereocenters. The van der Waals surface area contributed by atoms with E-state index in [0.717, 1.165) is 22.1 Å². The number of benzene rings is 2. The van der Waals surface area contributed by atoms with Gasteiger partial charge in [-0.3, -0.25) is 9.69 Å². The number of fused-ring (bicyclic) bond motifs is 1. The van der Waals surface area contributed by atoms with Crippen molar-refractivity contribution in [3.8, 4) is 5.75 Å². The number of carbonyl (C=O) groups excluding carboxylic acids is 1. The van der Waals surface area contributed by atoms with Gasteiger partial charge < -0.3 is 19.2 Å². The molecule has 6 nitrogen and oxygen atoms in total. The predicted octanol–water partition coefficient (Wildman–Crippen LogP) is 3.32. The van der Waals surface area contributed by atoms with E-state index in [1.807, 2.05) is 43.3 Å². The lowest BCUT2D eigenvalue weighted by Gasteiger charge is -2.39. The number of hydrogen-bond donors (Lipinski definition) is 1. The van der Waals surface area contributed by atoms with Crippen LogP contribution >= 0.6 is 0 Å². The molecule has 2 heterocycles. The Balaban J connectivity index is 1.46. The Kier molecular flexibility index (Phi) is 5.56. The van der Waals surface area contributed by atoms with Crippen molar-refractivity contribution in [3.63, 3.8) is 0 Å². The molecule has 152 valence electrons. The smallest absolute Gasteiger partial charge is 0.289 e. The van der Waals surface area contributed by atoms with E-state index in [4.69, 9.17) is 9.15 Å². The van der Waals surface area contributed by atoms with Crippen molar-refractivity contribution in [1.29, 1.82) is 0 Å². The van der Waals surface area contributed by atoms with Gasteiger partial charge in [0.25, 0.3) is 5.91 Å². The summed E-state index contributed by atoms with van der Waals surface area (Å²) in [5, 5.41) is 13.2. The second kappa shape index (κ2) is 8.27. The quantitative estimate of drug-likeness (QED) is 0.719. The molecule has 0 bridgehead atoms. The number of nitrogens with zero attached hydrogens (tertiary/aromatic N) is 2. The third-order valence-electron chi connectivity index (χ3n) is 5.81. The van der Waals surface area contributed by atoms with E-state index < -0.39 is 6.10 Å². The zero-order chi connectivity index (χ0) is 20.4. The molecule has 1 aromatic heterocycles. The lowest BCUT2D eigenvalue weighted by molar-refractivity contribution is 0.0238. The fourth-order valence-electron chi connectivity index (χ4n) is 4.02. The maximum Gasteiger partial charge on any atom is 0.289 e. The zero-order valence-corrected chi connectivity index (χ0v) is 16.7. The zero-order valence-electron chi connectivity index (χ0n) is 16.7. The van der Waals surface area contributed by atoms with Crippen molar-refractivity contribution >= 4 is 16.7 Å². The number of aliphatic hydroxyl groups is 1.